The molecule has 2 heterocycles. The van der Waals surface area contributed by atoms with Gasteiger partial charge in [-0.25, -0.2) is 8.42 Å². The number of rotatable bonds is 6. The van der Waals surface area contributed by atoms with Crippen molar-refractivity contribution in [3.05, 3.63) is 59.7 Å². The highest BCUT2D eigenvalue weighted by Gasteiger charge is 2.26. The summed E-state index contributed by atoms with van der Waals surface area (Å²) in [7, 11) is -3.51. The lowest BCUT2D eigenvalue weighted by molar-refractivity contribution is 0.0730. The lowest BCUT2D eigenvalue weighted by Gasteiger charge is -2.26. The summed E-state index contributed by atoms with van der Waals surface area (Å²) in [5, 5.41) is 8.64. The first kappa shape index (κ1) is 20.1. The average Bonchev–Trinajstić information content (AvgIpc) is 3.22. The van der Waals surface area contributed by atoms with Crippen molar-refractivity contribution < 1.29 is 17.6 Å². The molecule has 0 radical (unpaired) electrons. The van der Waals surface area contributed by atoms with E-state index in [4.69, 9.17) is 9.15 Å². The van der Waals surface area contributed by atoms with Gasteiger partial charge < -0.3 is 9.15 Å². The predicted octanol–water partition coefficient (Wildman–Crippen LogP) is 3.36. The largest absolute Gasteiger partial charge is 0.411 e. The molecule has 7 nitrogen and oxygen atoms in total. The quantitative estimate of drug-likeness (QED) is 0.553. The fourth-order valence-corrected chi connectivity index (χ4v) is 5.22. The van der Waals surface area contributed by atoms with Crippen molar-refractivity contribution in [2.45, 2.75) is 22.8 Å². The summed E-state index contributed by atoms with van der Waals surface area (Å²) in [6.45, 7) is 3.62. The van der Waals surface area contributed by atoms with Crippen LogP contribution in [0.25, 0.3) is 11.5 Å². The van der Waals surface area contributed by atoms with E-state index in [-0.39, 0.29) is 0 Å². The zero-order valence-corrected chi connectivity index (χ0v) is 17.6. The smallest absolute Gasteiger partial charge is 0.277 e. The predicted molar refractivity (Wildman–Crippen MR) is 110 cm³/mol. The van der Waals surface area contributed by atoms with E-state index in [0.29, 0.717) is 48.1 Å². The second-order valence-electron chi connectivity index (χ2n) is 6.70. The van der Waals surface area contributed by atoms with E-state index in [1.807, 2.05) is 37.3 Å². The van der Waals surface area contributed by atoms with Gasteiger partial charge in [-0.3, -0.25) is 0 Å². The first-order valence-electron chi connectivity index (χ1n) is 9.22. The molecule has 0 unspecified atom stereocenters. The number of sulfonamides is 1. The number of ether oxygens (including phenoxy) is 1. The highest BCUT2D eigenvalue weighted by Crippen LogP contribution is 2.27. The van der Waals surface area contributed by atoms with E-state index in [1.165, 1.54) is 16.1 Å². The Kier molecular flexibility index (Phi) is 6.00. The monoisotopic (exact) mass is 431 g/mol. The maximum atomic E-state index is 12.8. The van der Waals surface area contributed by atoms with Gasteiger partial charge in [0.25, 0.3) is 5.22 Å². The number of hydrogen-bond acceptors (Lipinski definition) is 7. The topological polar surface area (TPSA) is 85.5 Å². The van der Waals surface area contributed by atoms with Crippen molar-refractivity contribution in [1.29, 1.82) is 0 Å². The Balaban J connectivity index is 1.45. The molecule has 0 bridgehead atoms. The summed E-state index contributed by atoms with van der Waals surface area (Å²) in [5.74, 6) is 1.00. The van der Waals surface area contributed by atoms with Gasteiger partial charge in [0.2, 0.25) is 15.9 Å². The number of nitrogens with zero attached hydrogens (tertiary/aromatic N) is 3. The minimum absolute atomic E-state index is 0.295. The summed E-state index contributed by atoms with van der Waals surface area (Å²) in [4.78, 5) is 0.295. The van der Waals surface area contributed by atoms with Crippen LogP contribution in [0.2, 0.25) is 0 Å². The molecule has 1 aromatic heterocycles. The molecule has 0 atom stereocenters. The van der Waals surface area contributed by atoms with E-state index in [1.54, 1.807) is 18.2 Å². The van der Waals surface area contributed by atoms with Gasteiger partial charge in [0.05, 0.1) is 18.1 Å². The molecular weight excluding hydrogens is 410 g/mol. The van der Waals surface area contributed by atoms with E-state index in [2.05, 4.69) is 10.2 Å². The molecule has 1 aliphatic rings. The van der Waals surface area contributed by atoms with Crippen LogP contribution in [-0.2, 0) is 20.5 Å². The maximum absolute atomic E-state index is 12.8. The highest BCUT2D eigenvalue weighted by molar-refractivity contribution is 7.98. The van der Waals surface area contributed by atoms with Crippen molar-refractivity contribution in [3.63, 3.8) is 0 Å². The number of benzene rings is 2. The van der Waals surface area contributed by atoms with Gasteiger partial charge >= 0.3 is 0 Å². The normalized spacial score (nSPS) is 15.5. The Morgan fingerprint density at radius 2 is 1.86 bits per heavy atom. The van der Waals surface area contributed by atoms with Crippen molar-refractivity contribution in [2.75, 3.05) is 26.3 Å². The number of aromatic nitrogens is 2. The van der Waals surface area contributed by atoms with E-state index < -0.39 is 10.0 Å². The van der Waals surface area contributed by atoms with E-state index in [0.717, 1.165) is 16.7 Å². The summed E-state index contributed by atoms with van der Waals surface area (Å²) in [5.41, 5.74) is 2.87. The summed E-state index contributed by atoms with van der Waals surface area (Å²) >= 11 is 1.38. The van der Waals surface area contributed by atoms with Crippen molar-refractivity contribution in [1.82, 2.24) is 14.5 Å². The molecule has 9 heteroatoms. The number of thioether (sulfide) groups is 1. The molecule has 0 amide bonds. The van der Waals surface area contributed by atoms with Crippen molar-refractivity contribution in [3.8, 4) is 11.5 Å². The molecule has 3 aromatic rings. The lowest BCUT2D eigenvalue weighted by atomic mass is 10.1. The molecule has 4 rings (SSSR count). The third-order valence-corrected chi connectivity index (χ3v) is 7.32. The Hall–Kier alpha value is -2.20. The molecule has 1 fully saturated rings. The standard InChI is InChI=1S/C20H21N3O4S2/c1-15-4-2-6-17(12-15)19-21-22-20(27-19)28-14-16-5-3-7-18(13-16)29(24,25)23-8-10-26-11-9-23/h2-7,12-13H,8-11,14H2,1H3. The lowest BCUT2D eigenvalue weighted by Crippen LogP contribution is -2.40. The number of aryl methyl sites for hydroxylation is 1. The fraction of sp³-hybridized carbons (Fsp3) is 0.300. The second kappa shape index (κ2) is 8.66. The molecule has 0 saturated carbocycles. The first-order chi connectivity index (χ1) is 14.0. The summed E-state index contributed by atoms with van der Waals surface area (Å²) < 4.78 is 38.1. The number of morpholine rings is 1. The Morgan fingerprint density at radius 3 is 2.66 bits per heavy atom. The zero-order chi connectivity index (χ0) is 20.3. The minimum Gasteiger partial charge on any atom is -0.411 e. The Labute approximate surface area is 174 Å². The summed E-state index contributed by atoms with van der Waals surface area (Å²) in [6, 6.07) is 14.8. The molecule has 152 valence electrons. The molecule has 0 spiro atoms. The van der Waals surface area contributed by atoms with Gasteiger partial charge in [-0.1, -0.05) is 41.6 Å². The van der Waals surface area contributed by atoms with Crippen molar-refractivity contribution in [2.24, 2.45) is 0 Å². The molecule has 2 aromatic carbocycles. The molecular formula is C20H21N3O4S2. The third kappa shape index (κ3) is 4.69. The van der Waals surface area contributed by atoms with Crippen LogP contribution in [0.5, 0.6) is 0 Å². The SMILES string of the molecule is Cc1cccc(-c2nnc(SCc3cccc(S(=O)(=O)N4CCOCC4)c3)o2)c1. The third-order valence-electron chi connectivity index (χ3n) is 4.54. The van der Waals surface area contributed by atoms with Gasteiger partial charge in [-0.05, 0) is 36.8 Å². The average molecular weight is 432 g/mol. The zero-order valence-electron chi connectivity index (χ0n) is 15.9. The molecule has 1 aliphatic heterocycles. The van der Waals surface area contributed by atoms with Crippen LogP contribution in [0.15, 0.2) is 63.1 Å². The van der Waals surface area contributed by atoms with E-state index in [9.17, 15) is 8.42 Å². The van der Waals surface area contributed by atoms with Crippen LogP contribution < -0.4 is 0 Å². The molecule has 1 saturated heterocycles. The highest BCUT2D eigenvalue weighted by atomic mass is 32.2. The molecule has 29 heavy (non-hydrogen) atoms. The Bertz CT molecular complexity index is 1090. The van der Waals surface area contributed by atoms with Gasteiger partial charge in [0.1, 0.15) is 0 Å². The van der Waals surface area contributed by atoms with Crippen LogP contribution >= 0.6 is 11.8 Å². The number of hydrogen-bond donors (Lipinski definition) is 0. The second-order valence-corrected chi connectivity index (χ2v) is 9.56. The molecule has 0 aliphatic carbocycles. The Morgan fingerprint density at radius 1 is 1.07 bits per heavy atom. The van der Waals surface area contributed by atoms with Crippen LogP contribution in [-0.4, -0.2) is 49.2 Å². The van der Waals surface area contributed by atoms with E-state index >= 15 is 0 Å². The maximum Gasteiger partial charge on any atom is 0.277 e. The minimum atomic E-state index is -3.51. The van der Waals surface area contributed by atoms with Gasteiger partial charge in [0, 0.05) is 24.4 Å². The van der Waals surface area contributed by atoms with Crippen LogP contribution in [0, 0.1) is 6.92 Å². The molecule has 0 N–H and O–H groups in total. The van der Waals surface area contributed by atoms with Gasteiger partial charge in [-0.15, -0.1) is 10.2 Å². The van der Waals surface area contributed by atoms with Crippen molar-refractivity contribution >= 4 is 21.8 Å². The summed E-state index contributed by atoms with van der Waals surface area (Å²) in [6.07, 6.45) is 0. The fourth-order valence-electron chi connectivity index (χ4n) is 3.04. The van der Waals surface area contributed by atoms with Gasteiger partial charge in [0.15, 0.2) is 0 Å². The van der Waals surface area contributed by atoms with Gasteiger partial charge in [-0.2, -0.15) is 4.31 Å². The first-order valence-corrected chi connectivity index (χ1v) is 11.7. The van der Waals surface area contributed by atoms with Crippen LogP contribution in [0.3, 0.4) is 0 Å². The van der Waals surface area contributed by atoms with Crippen LogP contribution in [0.4, 0.5) is 0 Å². The van der Waals surface area contributed by atoms with Crippen LogP contribution in [0.1, 0.15) is 11.1 Å².